The van der Waals surface area contributed by atoms with Gasteiger partial charge in [0, 0.05) is 40.9 Å². The van der Waals surface area contributed by atoms with E-state index >= 15 is 0 Å². The molecule has 32 heavy (non-hydrogen) atoms. The average molecular weight is 497 g/mol. The summed E-state index contributed by atoms with van der Waals surface area (Å²) in [6.45, 7) is 7.15. The van der Waals surface area contributed by atoms with Gasteiger partial charge in [-0.2, -0.15) is 0 Å². The van der Waals surface area contributed by atoms with Gasteiger partial charge in [0.2, 0.25) is 0 Å². The summed E-state index contributed by atoms with van der Waals surface area (Å²) in [5, 5.41) is 6.79. The quantitative estimate of drug-likeness (QED) is 0.448. The minimum atomic E-state index is -0.532. The van der Waals surface area contributed by atoms with E-state index in [0.29, 0.717) is 16.9 Å². The molecule has 1 heterocycles. The summed E-state index contributed by atoms with van der Waals surface area (Å²) in [6.07, 6.45) is 0. The zero-order valence-electron chi connectivity index (χ0n) is 18.1. The van der Waals surface area contributed by atoms with Gasteiger partial charge in [-0.1, -0.05) is 18.2 Å². The Morgan fingerprint density at radius 1 is 1.16 bits per heavy atom. The van der Waals surface area contributed by atoms with E-state index < -0.39 is 5.91 Å². The molecular weight excluding hydrogens is 471 g/mol. The first-order valence-corrected chi connectivity index (χ1v) is 11.3. The molecule has 7 heteroatoms. The number of carbonyl (C=O) groups is 1. The number of piperazine rings is 1. The number of nitrogens with one attached hydrogen (secondary N) is 2. The smallest absolute Gasteiger partial charge is 0.250 e. The number of nitrogens with zero attached hydrogens (tertiary/aromatic N) is 1. The number of rotatable bonds is 5. The van der Waals surface area contributed by atoms with Crippen LogP contribution in [0.1, 0.15) is 24.2 Å². The lowest BCUT2D eigenvalue weighted by atomic mass is 9.98. The van der Waals surface area contributed by atoms with Gasteiger partial charge in [-0.3, -0.25) is 4.79 Å². The molecule has 0 spiro atoms. The maximum Gasteiger partial charge on any atom is 0.250 e. The third-order valence-electron chi connectivity index (χ3n) is 5.61. The molecule has 1 amide bonds. The van der Waals surface area contributed by atoms with Crippen molar-refractivity contribution < 1.29 is 9.18 Å². The van der Waals surface area contributed by atoms with Crippen LogP contribution in [0.25, 0.3) is 11.1 Å². The van der Waals surface area contributed by atoms with Gasteiger partial charge in [0.25, 0.3) is 5.91 Å². The van der Waals surface area contributed by atoms with E-state index in [9.17, 15) is 9.18 Å². The van der Waals surface area contributed by atoms with Gasteiger partial charge in [0.15, 0.2) is 0 Å². The van der Waals surface area contributed by atoms with Gasteiger partial charge in [0.1, 0.15) is 5.82 Å². The molecule has 0 aliphatic carbocycles. The van der Waals surface area contributed by atoms with Crippen LogP contribution >= 0.6 is 15.9 Å². The van der Waals surface area contributed by atoms with E-state index in [4.69, 9.17) is 5.73 Å². The maximum absolute atomic E-state index is 13.3. The van der Waals surface area contributed by atoms with Crippen LogP contribution in [0.3, 0.4) is 0 Å². The van der Waals surface area contributed by atoms with E-state index in [1.807, 2.05) is 18.2 Å². The number of benzene rings is 3. The van der Waals surface area contributed by atoms with Crippen molar-refractivity contribution in [3.05, 3.63) is 76.5 Å². The van der Waals surface area contributed by atoms with Crippen LogP contribution < -0.4 is 21.3 Å². The molecule has 0 saturated carbocycles. The highest BCUT2D eigenvalue weighted by atomic mass is 79.9. The lowest BCUT2D eigenvalue weighted by Gasteiger charge is -2.40. The molecule has 4 N–H and O–H groups in total. The first-order chi connectivity index (χ1) is 15.2. The van der Waals surface area contributed by atoms with E-state index in [0.717, 1.165) is 40.9 Å². The Balaban J connectivity index is 1.73. The van der Waals surface area contributed by atoms with Crippen molar-refractivity contribution >= 4 is 38.9 Å². The summed E-state index contributed by atoms with van der Waals surface area (Å²) in [6, 6.07) is 17.6. The second kappa shape index (κ2) is 8.92. The van der Waals surface area contributed by atoms with Crippen molar-refractivity contribution in [3.8, 4) is 11.1 Å². The molecule has 5 nitrogen and oxygen atoms in total. The summed E-state index contributed by atoms with van der Waals surface area (Å²) in [4.78, 5) is 14.5. The zero-order valence-corrected chi connectivity index (χ0v) is 19.7. The molecule has 0 unspecified atom stereocenters. The van der Waals surface area contributed by atoms with Crippen molar-refractivity contribution in [1.82, 2.24) is 5.32 Å². The van der Waals surface area contributed by atoms with Gasteiger partial charge in [-0.05, 0) is 77.8 Å². The molecule has 3 aromatic carbocycles. The van der Waals surface area contributed by atoms with Crippen LogP contribution in [0.4, 0.5) is 21.5 Å². The van der Waals surface area contributed by atoms with Gasteiger partial charge in [0.05, 0.1) is 16.9 Å². The highest BCUT2D eigenvalue weighted by molar-refractivity contribution is 9.10. The number of para-hydroxylation sites is 1. The molecule has 0 bridgehead atoms. The minimum Gasteiger partial charge on any atom is -0.368 e. The largest absolute Gasteiger partial charge is 0.368 e. The predicted octanol–water partition coefficient (Wildman–Crippen LogP) is 5.29. The Bertz CT molecular complexity index is 1150. The number of nitrogens with two attached hydrogens (primary N) is 1. The molecule has 0 atom stereocenters. The standard InChI is InChI=1S/C25H26BrFN4O/c1-25(2)15-31(13-12-29-25)22-11-6-16(14-21(22)26)19-4-3-5-20(24(28)32)23(19)30-18-9-7-17(27)8-10-18/h3-11,14,29-30H,12-13,15H2,1-2H3,(H2,28,32). The molecule has 1 saturated heterocycles. The summed E-state index contributed by atoms with van der Waals surface area (Å²) in [5.41, 5.74) is 10.2. The molecule has 3 aromatic rings. The minimum absolute atomic E-state index is 0.0401. The fourth-order valence-corrected chi connectivity index (χ4v) is 4.72. The predicted molar refractivity (Wildman–Crippen MR) is 132 cm³/mol. The molecule has 0 aromatic heterocycles. The average Bonchev–Trinajstić information content (AvgIpc) is 2.74. The summed E-state index contributed by atoms with van der Waals surface area (Å²) in [5.74, 6) is -0.857. The molecular formula is C25H26BrFN4O. The van der Waals surface area contributed by atoms with Crippen molar-refractivity contribution in [2.24, 2.45) is 5.73 Å². The highest BCUT2D eigenvalue weighted by Gasteiger charge is 2.27. The second-order valence-corrected chi connectivity index (χ2v) is 9.48. The van der Waals surface area contributed by atoms with Crippen LogP contribution in [0.5, 0.6) is 0 Å². The fourth-order valence-electron chi connectivity index (χ4n) is 4.09. The Morgan fingerprint density at radius 2 is 1.91 bits per heavy atom. The number of carbonyl (C=O) groups excluding carboxylic acids is 1. The number of hydrogen-bond donors (Lipinski definition) is 3. The Labute approximate surface area is 195 Å². The Morgan fingerprint density at radius 3 is 2.56 bits per heavy atom. The van der Waals surface area contributed by atoms with Crippen LogP contribution in [0.15, 0.2) is 65.1 Å². The van der Waals surface area contributed by atoms with Crippen LogP contribution in [0, 0.1) is 5.82 Å². The number of hydrogen-bond acceptors (Lipinski definition) is 4. The second-order valence-electron chi connectivity index (χ2n) is 8.62. The monoisotopic (exact) mass is 496 g/mol. The molecule has 166 valence electrons. The molecule has 1 aliphatic heterocycles. The number of primary amides is 1. The Hall–Kier alpha value is -2.90. The van der Waals surface area contributed by atoms with Crippen molar-refractivity contribution in [3.63, 3.8) is 0 Å². The fraction of sp³-hybridized carbons (Fsp3) is 0.240. The Kier molecular flexibility index (Phi) is 6.22. The van der Waals surface area contributed by atoms with E-state index in [-0.39, 0.29) is 11.4 Å². The van der Waals surface area contributed by atoms with Gasteiger partial charge >= 0.3 is 0 Å². The molecule has 0 radical (unpaired) electrons. The lowest BCUT2D eigenvalue weighted by Crippen LogP contribution is -2.57. The van der Waals surface area contributed by atoms with E-state index in [1.165, 1.54) is 12.1 Å². The van der Waals surface area contributed by atoms with Crippen molar-refractivity contribution in [2.45, 2.75) is 19.4 Å². The normalized spacial score (nSPS) is 15.4. The number of halogens is 2. The van der Waals surface area contributed by atoms with E-state index in [2.05, 4.69) is 57.4 Å². The van der Waals surface area contributed by atoms with Crippen LogP contribution in [-0.4, -0.2) is 31.1 Å². The van der Waals surface area contributed by atoms with Gasteiger partial charge in [-0.15, -0.1) is 0 Å². The first-order valence-electron chi connectivity index (χ1n) is 10.5. The highest BCUT2D eigenvalue weighted by Crippen LogP contribution is 2.38. The number of anilines is 3. The SMILES string of the molecule is CC1(C)CN(c2ccc(-c3cccc(C(N)=O)c3Nc3ccc(F)cc3)cc2Br)CCN1. The maximum atomic E-state index is 13.3. The van der Waals surface area contributed by atoms with E-state index in [1.54, 1.807) is 18.2 Å². The van der Waals surface area contributed by atoms with Crippen LogP contribution in [0.2, 0.25) is 0 Å². The lowest BCUT2D eigenvalue weighted by molar-refractivity contribution is 0.100. The summed E-state index contributed by atoms with van der Waals surface area (Å²) < 4.78 is 14.3. The van der Waals surface area contributed by atoms with Crippen molar-refractivity contribution in [2.75, 3.05) is 29.9 Å². The molecule has 1 fully saturated rings. The summed E-state index contributed by atoms with van der Waals surface area (Å²) in [7, 11) is 0. The van der Waals surface area contributed by atoms with Gasteiger partial charge < -0.3 is 21.3 Å². The third kappa shape index (κ3) is 4.79. The zero-order chi connectivity index (χ0) is 22.9. The third-order valence-corrected chi connectivity index (χ3v) is 6.25. The van der Waals surface area contributed by atoms with Crippen molar-refractivity contribution in [1.29, 1.82) is 0 Å². The molecule has 1 aliphatic rings. The summed E-state index contributed by atoms with van der Waals surface area (Å²) >= 11 is 3.75. The number of amides is 1. The first kappa shape index (κ1) is 22.3. The topological polar surface area (TPSA) is 70.4 Å². The molecule has 4 rings (SSSR count). The van der Waals surface area contributed by atoms with Crippen LogP contribution in [-0.2, 0) is 0 Å². The van der Waals surface area contributed by atoms with Gasteiger partial charge in [-0.25, -0.2) is 4.39 Å².